The fourth-order valence-electron chi connectivity index (χ4n) is 3.82. The van der Waals surface area contributed by atoms with Crippen molar-refractivity contribution in [3.63, 3.8) is 0 Å². The van der Waals surface area contributed by atoms with Crippen molar-refractivity contribution in [2.75, 3.05) is 11.9 Å². The molecule has 3 aromatic heterocycles. The van der Waals surface area contributed by atoms with Gasteiger partial charge in [-0.25, -0.2) is 14.6 Å². The van der Waals surface area contributed by atoms with Crippen molar-refractivity contribution in [1.29, 1.82) is 0 Å². The van der Waals surface area contributed by atoms with Crippen LogP contribution >= 0.6 is 23.1 Å². The third-order valence-corrected chi connectivity index (χ3v) is 7.65. The molecule has 1 atom stereocenters. The minimum Gasteiger partial charge on any atom is -0.462 e. The monoisotopic (exact) mass is 486 g/mol. The maximum atomic E-state index is 13.0. The topological polar surface area (TPSA) is 103 Å². The molecule has 1 N–H and O–H groups in total. The zero-order valence-corrected chi connectivity index (χ0v) is 20.5. The highest BCUT2D eigenvalue weighted by Crippen LogP contribution is 2.38. The van der Waals surface area contributed by atoms with Crippen LogP contribution in [0.4, 0.5) is 5.00 Å². The molecule has 0 aromatic carbocycles. The molecule has 1 aliphatic carbocycles. The van der Waals surface area contributed by atoms with E-state index in [2.05, 4.69) is 15.3 Å². The summed E-state index contributed by atoms with van der Waals surface area (Å²) < 4.78 is 6.66. The normalized spacial score (nSPS) is 14.4. The minimum atomic E-state index is -0.575. The second-order valence-corrected chi connectivity index (χ2v) is 10.4. The number of nitrogens with one attached hydrogen (secondary N) is 1. The molecular formula is C23H26N4O4S2. The number of anilines is 1. The van der Waals surface area contributed by atoms with Crippen molar-refractivity contribution in [2.24, 2.45) is 0 Å². The zero-order valence-electron chi connectivity index (χ0n) is 18.8. The van der Waals surface area contributed by atoms with Crippen molar-refractivity contribution in [3.8, 4) is 0 Å². The molecule has 3 heterocycles. The van der Waals surface area contributed by atoms with Gasteiger partial charge in [0.2, 0.25) is 5.91 Å². The van der Waals surface area contributed by atoms with Gasteiger partial charge in [0.05, 0.1) is 17.4 Å². The fourth-order valence-corrected chi connectivity index (χ4v) is 5.86. The molecule has 0 radical (unpaired) electrons. The number of aryl methyl sites for hydroxylation is 2. The number of thioether (sulfide) groups is 1. The number of amides is 1. The summed E-state index contributed by atoms with van der Waals surface area (Å²) in [7, 11) is 0. The van der Waals surface area contributed by atoms with Gasteiger partial charge in [0.15, 0.2) is 5.16 Å². The van der Waals surface area contributed by atoms with Crippen molar-refractivity contribution < 1.29 is 14.3 Å². The van der Waals surface area contributed by atoms with Crippen LogP contribution in [0.25, 0.3) is 5.65 Å². The molecule has 3 aromatic rings. The Hall–Kier alpha value is -2.72. The van der Waals surface area contributed by atoms with Crippen LogP contribution in [0.5, 0.6) is 0 Å². The molecule has 10 heteroatoms. The van der Waals surface area contributed by atoms with E-state index in [1.165, 1.54) is 15.7 Å². The van der Waals surface area contributed by atoms with Crippen LogP contribution in [0.1, 0.15) is 59.5 Å². The summed E-state index contributed by atoms with van der Waals surface area (Å²) in [5, 5.41) is 3.12. The van der Waals surface area contributed by atoms with E-state index in [1.807, 2.05) is 13.0 Å². The van der Waals surface area contributed by atoms with Crippen molar-refractivity contribution in [1.82, 2.24) is 14.4 Å². The van der Waals surface area contributed by atoms with Gasteiger partial charge in [0.1, 0.15) is 10.6 Å². The van der Waals surface area contributed by atoms with E-state index in [4.69, 9.17) is 4.74 Å². The number of thiophene rings is 1. The number of nitrogens with zero attached hydrogens (tertiary/aromatic N) is 3. The highest BCUT2D eigenvalue weighted by atomic mass is 32.2. The van der Waals surface area contributed by atoms with Crippen LogP contribution in [-0.2, 0) is 22.4 Å². The van der Waals surface area contributed by atoms with E-state index in [1.54, 1.807) is 26.1 Å². The number of aromatic nitrogens is 3. The number of carbonyl (C=O) groups is 2. The average molecular weight is 487 g/mol. The Morgan fingerprint density at radius 3 is 2.85 bits per heavy atom. The Morgan fingerprint density at radius 2 is 2.06 bits per heavy atom. The lowest BCUT2D eigenvalue weighted by molar-refractivity contribution is -0.115. The Kier molecular flexibility index (Phi) is 7.14. The van der Waals surface area contributed by atoms with Gasteiger partial charge in [0, 0.05) is 11.1 Å². The second kappa shape index (κ2) is 10.0. The first-order valence-corrected chi connectivity index (χ1v) is 12.7. The first-order chi connectivity index (χ1) is 15.9. The smallest absolute Gasteiger partial charge is 0.355 e. The fraction of sp³-hybridized carbons (Fsp3) is 0.435. The number of pyridine rings is 1. The molecular weight excluding hydrogens is 460 g/mol. The molecule has 33 heavy (non-hydrogen) atoms. The SMILES string of the molecule is CCOC(=O)c1c(NC(=O)[C@H](C)Sc2nc(=O)n3ccc(C)cc3n2)sc2c1CCCCC2. The maximum absolute atomic E-state index is 13.0. The Labute approximate surface area is 199 Å². The first-order valence-electron chi connectivity index (χ1n) is 11.0. The van der Waals surface area contributed by atoms with Gasteiger partial charge >= 0.3 is 11.7 Å². The van der Waals surface area contributed by atoms with Gasteiger partial charge in [-0.1, -0.05) is 18.2 Å². The van der Waals surface area contributed by atoms with Crippen LogP contribution in [0.2, 0.25) is 0 Å². The molecule has 0 aliphatic heterocycles. The summed E-state index contributed by atoms with van der Waals surface area (Å²) in [4.78, 5) is 47.6. The lowest BCUT2D eigenvalue weighted by Crippen LogP contribution is -2.25. The predicted octanol–water partition coefficient (Wildman–Crippen LogP) is 4.02. The summed E-state index contributed by atoms with van der Waals surface area (Å²) in [6.07, 6.45) is 6.57. The van der Waals surface area contributed by atoms with E-state index in [9.17, 15) is 14.4 Å². The molecule has 0 saturated heterocycles. The van der Waals surface area contributed by atoms with Gasteiger partial charge < -0.3 is 10.1 Å². The van der Waals surface area contributed by atoms with Crippen LogP contribution < -0.4 is 11.0 Å². The lowest BCUT2D eigenvalue weighted by Gasteiger charge is -2.12. The zero-order chi connectivity index (χ0) is 23.5. The molecule has 8 nitrogen and oxygen atoms in total. The van der Waals surface area contributed by atoms with E-state index in [-0.39, 0.29) is 17.7 Å². The van der Waals surface area contributed by atoms with Gasteiger partial charge in [-0.05, 0) is 69.7 Å². The number of fused-ring (bicyclic) bond motifs is 2. The van der Waals surface area contributed by atoms with Gasteiger partial charge in [-0.2, -0.15) is 4.98 Å². The Balaban J connectivity index is 1.56. The molecule has 174 valence electrons. The van der Waals surface area contributed by atoms with Gasteiger partial charge in [-0.15, -0.1) is 11.3 Å². The quantitative estimate of drug-likeness (QED) is 0.319. The Morgan fingerprint density at radius 1 is 1.27 bits per heavy atom. The molecule has 0 bridgehead atoms. The highest BCUT2D eigenvalue weighted by Gasteiger charge is 2.28. The number of carbonyl (C=O) groups excluding carboxylic acids is 2. The predicted molar refractivity (Wildman–Crippen MR) is 129 cm³/mol. The van der Waals surface area contributed by atoms with E-state index < -0.39 is 16.9 Å². The van der Waals surface area contributed by atoms with Crippen LogP contribution in [-0.4, -0.2) is 38.1 Å². The highest BCUT2D eigenvalue weighted by molar-refractivity contribution is 8.00. The first kappa shape index (κ1) is 23.4. The molecule has 0 spiro atoms. The molecule has 1 amide bonds. The maximum Gasteiger partial charge on any atom is 0.355 e. The number of ether oxygens (including phenoxy) is 1. The second-order valence-electron chi connectivity index (χ2n) is 7.96. The average Bonchev–Trinajstić information content (AvgIpc) is 2.93. The summed E-state index contributed by atoms with van der Waals surface area (Å²) in [5.74, 6) is -0.677. The summed E-state index contributed by atoms with van der Waals surface area (Å²) in [5.41, 5.74) is 2.50. The summed E-state index contributed by atoms with van der Waals surface area (Å²) in [6, 6.07) is 3.60. The minimum absolute atomic E-state index is 0.237. The van der Waals surface area contributed by atoms with Crippen LogP contribution in [0.3, 0.4) is 0 Å². The third-order valence-electron chi connectivity index (χ3n) is 5.49. The summed E-state index contributed by atoms with van der Waals surface area (Å²) in [6.45, 7) is 5.69. The van der Waals surface area contributed by atoms with E-state index >= 15 is 0 Å². The molecule has 4 rings (SSSR count). The number of hydrogen-bond acceptors (Lipinski definition) is 8. The van der Waals surface area contributed by atoms with E-state index in [0.717, 1.165) is 59.9 Å². The van der Waals surface area contributed by atoms with Crippen LogP contribution in [0.15, 0.2) is 28.3 Å². The van der Waals surface area contributed by atoms with Crippen molar-refractivity contribution >= 4 is 45.6 Å². The number of esters is 1. The van der Waals surface area contributed by atoms with E-state index in [0.29, 0.717) is 16.2 Å². The summed E-state index contributed by atoms with van der Waals surface area (Å²) >= 11 is 2.57. The molecule has 0 fully saturated rings. The third kappa shape index (κ3) is 5.11. The Bertz CT molecular complexity index is 1270. The molecule has 0 unspecified atom stereocenters. The molecule has 1 aliphatic rings. The number of rotatable bonds is 6. The van der Waals surface area contributed by atoms with Gasteiger partial charge in [0.25, 0.3) is 0 Å². The van der Waals surface area contributed by atoms with Crippen molar-refractivity contribution in [3.05, 3.63) is 50.4 Å². The van der Waals surface area contributed by atoms with Gasteiger partial charge in [-0.3, -0.25) is 9.20 Å². The molecule has 0 saturated carbocycles. The largest absolute Gasteiger partial charge is 0.462 e. The number of hydrogen-bond donors (Lipinski definition) is 1. The standard InChI is InChI=1S/C23H26N4O4S2/c1-4-31-21(29)18-15-8-6-5-7-9-16(15)33-20(18)25-19(28)14(3)32-22-24-17-12-13(2)10-11-27(17)23(30)26-22/h10-12,14H,4-9H2,1-3H3,(H,25,28)/t14-/m0/s1. The lowest BCUT2D eigenvalue weighted by atomic mass is 10.1. The van der Waals surface area contributed by atoms with Crippen LogP contribution in [0, 0.1) is 6.92 Å². The van der Waals surface area contributed by atoms with Crippen molar-refractivity contribution in [2.45, 2.75) is 63.3 Å².